The highest BCUT2D eigenvalue weighted by molar-refractivity contribution is 6.36. The Morgan fingerprint density at radius 1 is 1.10 bits per heavy atom. The number of pyridine rings is 1. The SMILES string of the molecule is [CH2]C(Nc1ccc([N+](=O)[O-])cn1)c1ncc(-c2ncc[nH]2)c(-c2ccc(Cl)cc2Cl)n1. The van der Waals surface area contributed by atoms with Crippen molar-refractivity contribution in [3.05, 3.63) is 88.0 Å². The Morgan fingerprint density at radius 2 is 1.94 bits per heavy atom. The highest BCUT2D eigenvalue weighted by Crippen LogP contribution is 2.35. The molecule has 0 aliphatic heterocycles. The van der Waals surface area contributed by atoms with E-state index in [1.54, 1.807) is 36.8 Å². The maximum absolute atomic E-state index is 10.8. The second-order valence-corrected chi connectivity index (χ2v) is 7.25. The van der Waals surface area contributed by atoms with E-state index in [4.69, 9.17) is 23.2 Å². The second kappa shape index (κ2) is 8.66. The molecular weight excluding hydrogens is 441 g/mol. The molecule has 155 valence electrons. The van der Waals surface area contributed by atoms with Crippen LogP contribution in [0.5, 0.6) is 0 Å². The molecule has 0 saturated heterocycles. The van der Waals surface area contributed by atoms with Gasteiger partial charge in [-0.05, 0) is 31.2 Å². The summed E-state index contributed by atoms with van der Waals surface area (Å²) in [5.74, 6) is 1.35. The normalized spacial score (nSPS) is 11.8. The lowest BCUT2D eigenvalue weighted by Gasteiger charge is -2.16. The van der Waals surface area contributed by atoms with Crippen LogP contribution in [0.15, 0.2) is 55.1 Å². The Labute approximate surface area is 186 Å². The van der Waals surface area contributed by atoms with Crippen molar-refractivity contribution in [2.45, 2.75) is 6.04 Å². The molecule has 1 atom stereocenters. The van der Waals surface area contributed by atoms with Gasteiger partial charge in [-0.2, -0.15) is 0 Å². The van der Waals surface area contributed by atoms with E-state index < -0.39 is 11.0 Å². The highest BCUT2D eigenvalue weighted by atomic mass is 35.5. The van der Waals surface area contributed by atoms with Crippen LogP contribution in [0.2, 0.25) is 10.0 Å². The molecular formula is C20H14Cl2N7O2. The summed E-state index contributed by atoms with van der Waals surface area (Å²) in [6.45, 7) is 4.04. The Morgan fingerprint density at radius 3 is 2.58 bits per heavy atom. The van der Waals surface area contributed by atoms with Crippen molar-refractivity contribution in [2.75, 3.05) is 5.32 Å². The topological polar surface area (TPSA) is 123 Å². The van der Waals surface area contributed by atoms with Crippen molar-refractivity contribution in [1.82, 2.24) is 24.9 Å². The molecule has 0 aliphatic rings. The number of anilines is 1. The second-order valence-electron chi connectivity index (χ2n) is 6.41. The summed E-state index contributed by atoms with van der Waals surface area (Å²) in [4.78, 5) is 30.7. The first-order chi connectivity index (χ1) is 14.9. The molecule has 3 heterocycles. The van der Waals surface area contributed by atoms with Gasteiger partial charge < -0.3 is 10.3 Å². The van der Waals surface area contributed by atoms with E-state index in [9.17, 15) is 10.1 Å². The predicted octanol–water partition coefficient (Wildman–Crippen LogP) is 5.13. The van der Waals surface area contributed by atoms with E-state index >= 15 is 0 Å². The first-order valence-electron chi connectivity index (χ1n) is 8.94. The van der Waals surface area contributed by atoms with Gasteiger partial charge in [-0.15, -0.1) is 0 Å². The molecule has 4 rings (SSSR count). The van der Waals surface area contributed by atoms with Gasteiger partial charge in [0.25, 0.3) is 5.69 Å². The summed E-state index contributed by atoms with van der Waals surface area (Å²) in [7, 11) is 0. The number of nitro groups is 1. The molecule has 11 heteroatoms. The zero-order chi connectivity index (χ0) is 22.0. The Kier molecular flexibility index (Phi) is 5.79. The molecule has 9 nitrogen and oxygen atoms in total. The maximum Gasteiger partial charge on any atom is 0.287 e. The van der Waals surface area contributed by atoms with Gasteiger partial charge >= 0.3 is 0 Å². The molecule has 0 saturated carbocycles. The Bertz CT molecular complexity index is 1230. The average molecular weight is 455 g/mol. The zero-order valence-electron chi connectivity index (χ0n) is 15.8. The molecule has 0 aliphatic carbocycles. The third-order valence-corrected chi connectivity index (χ3v) is 4.89. The van der Waals surface area contributed by atoms with Crippen LogP contribution < -0.4 is 5.32 Å². The van der Waals surface area contributed by atoms with Crippen molar-refractivity contribution in [1.29, 1.82) is 0 Å². The summed E-state index contributed by atoms with van der Waals surface area (Å²) in [5.41, 5.74) is 1.75. The first kappa shape index (κ1) is 20.7. The molecule has 1 aromatic carbocycles. The van der Waals surface area contributed by atoms with Crippen molar-refractivity contribution < 1.29 is 4.92 Å². The van der Waals surface area contributed by atoms with Crippen molar-refractivity contribution >= 4 is 34.7 Å². The molecule has 0 spiro atoms. The largest absolute Gasteiger partial charge is 0.360 e. The number of aromatic nitrogens is 5. The molecule has 3 aromatic heterocycles. The molecule has 0 amide bonds. The summed E-state index contributed by atoms with van der Waals surface area (Å²) in [6, 6.07) is 7.37. The van der Waals surface area contributed by atoms with Crippen LogP contribution in [0.1, 0.15) is 11.9 Å². The van der Waals surface area contributed by atoms with E-state index in [1.165, 1.54) is 12.1 Å². The lowest BCUT2D eigenvalue weighted by molar-refractivity contribution is -0.385. The Hall–Kier alpha value is -3.56. The molecule has 0 fully saturated rings. The minimum Gasteiger partial charge on any atom is -0.360 e. The molecule has 4 aromatic rings. The van der Waals surface area contributed by atoms with Crippen LogP contribution in [0.4, 0.5) is 11.5 Å². The van der Waals surface area contributed by atoms with Crippen molar-refractivity contribution in [2.24, 2.45) is 0 Å². The maximum atomic E-state index is 10.8. The number of nitrogens with one attached hydrogen (secondary N) is 2. The van der Waals surface area contributed by atoms with E-state index in [-0.39, 0.29) is 5.69 Å². The van der Waals surface area contributed by atoms with Gasteiger partial charge in [-0.3, -0.25) is 10.1 Å². The lowest BCUT2D eigenvalue weighted by Crippen LogP contribution is -2.13. The third-order valence-electron chi connectivity index (χ3n) is 4.34. The fraction of sp³-hybridized carbons (Fsp3) is 0.0500. The van der Waals surface area contributed by atoms with Crippen LogP contribution >= 0.6 is 23.2 Å². The van der Waals surface area contributed by atoms with Gasteiger partial charge in [0.2, 0.25) is 0 Å². The number of imidazole rings is 1. The van der Waals surface area contributed by atoms with Crippen LogP contribution in [0, 0.1) is 17.0 Å². The monoisotopic (exact) mass is 454 g/mol. The fourth-order valence-corrected chi connectivity index (χ4v) is 3.36. The van der Waals surface area contributed by atoms with Gasteiger partial charge in [0, 0.05) is 35.2 Å². The van der Waals surface area contributed by atoms with Crippen LogP contribution in [-0.4, -0.2) is 29.8 Å². The van der Waals surface area contributed by atoms with Crippen molar-refractivity contribution in [3.8, 4) is 22.6 Å². The highest BCUT2D eigenvalue weighted by Gasteiger charge is 2.19. The number of halogens is 2. The minimum atomic E-state index is -0.593. The first-order valence-corrected chi connectivity index (χ1v) is 9.70. The van der Waals surface area contributed by atoms with E-state index in [0.717, 1.165) is 6.20 Å². The van der Waals surface area contributed by atoms with Crippen molar-refractivity contribution in [3.63, 3.8) is 0 Å². The number of nitrogens with zero attached hydrogens (tertiary/aromatic N) is 5. The van der Waals surface area contributed by atoms with Gasteiger partial charge in [-0.1, -0.05) is 23.2 Å². The quantitative estimate of drug-likeness (QED) is 0.305. The number of hydrogen-bond acceptors (Lipinski definition) is 7. The zero-order valence-corrected chi connectivity index (χ0v) is 17.3. The van der Waals surface area contributed by atoms with E-state index in [1.807, 2.05) is 0 Å². The molecule has 0 bridgehead atoms. The predicted molar refractivity (Wildman–Crippen MR) is 118 cm³/mol. The number of rotatable bonds is 6. The average Bonchev–Trinajstić information content (AvgIpc) is 3.28. The van der Waals surface area contributed by atoms with Gasteiger partial charge in [0.15, 0.2) is 5.82 Å². The number of aromatic amines is 1. The van der Waals surface area contributed by atoms with Gasteiger partial charge in [0.05, 0.1) is 27.2 Å². The van der Waals surface area contributed by atoms with Crippen LogP contribution in [-0.2, 0) is 0 Å². The number of benzene rings is 1. The fourth-order valence-electron chi connectivity index (χ4n) is 2.86. The molecule has 1 unspecified atom stereocenters. The van der Waals surface area contributed by atoms with Crippen LogP contribution in [0.3, 0.4) is 0 Å². The summed E-state index contributed by atoms with van der Waals surface area (Å²) >= 11 is 12.5. The van der Waals surface area contributed by atoms with Crippen LogP contribution in [0.25, 0.3) is 22.6 Å². The van der Waals surface area contributed by atoms with Gasteiger partial charge in [0.1, 0.15) is 17.8 Å². The van der Waals surface area contributed by atoms with E-state index in [2.05, 4.69) is 37.2 Å². The molecule has 2 N–H and O–H groups in total. The summed E-state index contributed by atoms with van der Waals surface area (Å²) in [6.07, 6.45) is 6.12. The third kappa shape index (κ3) is 4.47. The molecule has 31 heavy (non-hydrogen) atoms. The summed E-state index contributed by atoms with van der Waals surface area (Å²) < 4.78 is 0. The standard InChI is InChI=1S/C20H14Cl2N7O2/c1-11(27-17-5-3-13(9-25-17)29(30)31)19-26-10-15(20-23-6-7-24-20)18(28-19)14-4-2-12(21)8-16(14)22/h2-11H,1H2,(H,23,24)(H,25,27). The lowest BCUT2D eigenvalue weighted by atomic mass is 10.1. The summed E-state index contributed by atoms with van der Waals surface area (Å²) in [5, 5.41) is 14.8. The van der Waals surface area contributed by atoms with E-state index in [0.29, 0.717) is 44.3 Å². The molecule has 1 radical (unpaired) electrons. The minimum absolute atomic E-state index is 0.107. The number of H-pyrrole nitrogens is 1. The smallest absolute Gasteiger partial charge is 0.287 e. The van der Waals surface area contributed by atoms with Gasteiger partial charge in [-0.25, -0.2) is 19.9 Å². The Balaban J connectivity index is 1.71. The number of hydrogen-bond donors (Lipinski definition) is 2.